The van der Waals surface area contributed by atoms with Crippen LogP contribution in [0.15, 0.2) is 48.5 Å². The van der Waals surface area contributed by atoms with E-state index >= 15 is 0 Å². The first-order valence-corrected chi connectivity index (χ1v) is 9.23. The van der Waals surface area contributed by atoms with Crippen molar-refractivity contribution in [1.82, 2.24) is 15.2 Å². The van der Waals surface area contributed by atoms with E-state index in [1.165, 1.54) is 0 Å². The number of nitrogens with one attached hydrogen (secondary N) is 1. The summed E-state index contributed by atoms with van der Waals surface area (Å²) in [5.74, 6) is 0.824. The van der Waals surface area contributed by atoms with Crippen LogP contribution in [0.25, 0.3) is 22.2 Å². The van der Waals surface area contributed by atoms with E-state index in [0.717, 1.165) is 40.0 Å². The maximum absolute atomic E-state index is 11.8. The fraction of sp³-hybridized carbons (Fsp3) is 0.238. The minimum Gasteiger partial charge on any atom is -0.496 e. The Morgan fingerprint density at radius 2 is 2.07 bits per heavy atom. The van der Waals surface area contributed by atoms with Gasteiger partial charge in [0.1, 0.15) is 5.75 Å². The number of carbonyl (C=O) groups is 1. The van der Waals surface area contributed by atoms with Crippen molar-refractivity contribution in [2.75, 3.05) is 26.7 Å². The number of nitrogens with zero attached hydrogens (tertiary/aromatic N) is 2. The van der Waals surface area contributed by atoms with Crippen LogP contribution < -0.4 is 10.1 Å². The number of hydrogen-bond donors (Lipinski definition) is 1. The number of aromatic nitrogens is 1. The summed E-state index contributed by atoms with van der Waals surface area (Å²) in [5, 5.41) is 4.54. The van der Waals surface area contributed by atoms with Gasteiger partial charge in [-0.05, 0) is 35.9 Å². The third-order valence-corrected chi connectivity index (χ3v) is 4.97. The van der Waals surface area contributed by atoms with E-state index in [4.69, 9.17) is 21.3 Å². The molecule has 1 fully saturated rings. The molecule has 2 heterocycles. The molecule has 6 heteroatoms. The number of carbonyl (C=O) groups excluding carboxylic acids is 1. The van der Waals surface area contributed by atoms with Crippen LogP contribution in [-0.4, -0.2) is 42.5 Å². The van der Waals surface area contributed by atoms with Crippen LogP contribution >= 0.6 is 11.6 Å². The molecule has 0 saturated carbocycles. The van der Waals surface area contributed by atoms with Gasteiger partial charge in [-0.3, -0.25) is 9.69 Å². The van der Waals surface area contributed by atoms with E-state index in [9.17, 15) is 4.79 Å². The molecule has 138 valence electrons. The van der Waals surface area contributed by atoms with Crippen molar-refractivity contribution < 1.29 is 9.53 Å². The Morgan fingerprint density at radius 1 is 1.22 bits per heavy atom. The van der Waals surface area contributed by atoms with E-state index in [0.29, 0.717) is 24.7 Å². The Bertz CT molecular complexity index is 1010. The zero-order chi connectivity index (χ0) is 18.8. The second-order valence-electron chi connectivity index (χ2n) is 6.59. The maximum atomic E-state index is 11.8. The number of para-hydroxylation sites is 1. The predicted molar refractivity (Wildman–Crippen MR) is 107 cm³/mol. The topological polar surface area (TPSA) is 54.5 Å². The van der Waals surface area contributed by atoms with Crippen molar-refractivity contribution in [3.63, 3.8) is 0 Å². The number of fused-ring (bicyclic) bond motifs is 1. The number of methoxy groups -OCH3 is 1. The minimum absolute atomic E-state index is 0.0561. The summed E-state index contributed by atoms with van der Waals surface area (Å²) in [4.78, 5) is 18.8. The Kier molecular flexibility index (Phi) is 4.97. The highest BCUT2D eigenvalue weighted by molar-refractivity contribution is 6.31. The highest BCUT2D eigenvalue weighted by Gasteiger charge is 2.20. The molecule has 1 saturated heterocycles. The molecule has 0 unspecified atom stereocenters. The number of halogens is 1. The summed E-state index contributed by atoms with van der Waals surface area (Å²) in [6, 6.07) is 15.7. The average molecular weight is 382 g/mol. The molecule has 1 N–H and O–H groups in total. The highest BCUT2D eigenvalue weighted by Crippen LogP contribution is 2.33. The fourth-order valence-electron chi connectivity index (χ4n) is 3.45. The van der Waals surface area contributed by atoms with Crippen molar-refractivity contribution in [3.8, 4) is 17.0 Å². The summed E-state index contributed by atoms with van der Waals surface area (Å²) in [7, 11) is 1.66. The lowest BCUT2D eigenvalue weighted by atomic mass is 10.0. The molecule has 0 bridgehead atoms. The second kappa shape index (κ2) is 7.55. The molecule has 0 radical (unpaired) electrons. The first-order chi connectivity index (χ1) is 13.1. The molecule has 4 rings (SSSR count). The lowest BCUT2D eigenvalue weighted by molar-refractivity contribution is -0.124. The van der Waals surface area contributed by atoms with Crippen LogP contribution in [0.5, 0.6) is 5.75 Å². The summed E-state index contributed by atoms with van der Waals surface area (Å²) < 4.78 is 5.55. The van der Waals surface area contributed by atoms with Gasteiger partial charge in [0.05, 0.1) is 24.9 Å². The van der Waals surface area contributed by atoms with E-state index < -0.39 is 0 Å². The van der Waals surface area contributed by atoms with E-state index in [-0.39, 0.29) is 5.91 Å². The summed E-state index contributed by atoms with van der Waals surface area (Å²) in [5.41, 5.74) is 3.68. The summed E-state index contributed by atoms with van der Waals surface area (Å²) in [6.07, 6.45) is 0. The number of amides is 1. The molecule has 1 aromatic heterocycles. The quantitative estimate of drug-likeness (QED) is 0.751. The second-order valence-corrected chi connectivity index (χ2v) is 7.03. The molecule has 1 amide bonds. The van der Waals surface area contributed by atoms with Crippen molar-refractivity contribution in [2.24, 2.45) is 0 Å². The van der Waals surface area contributed by atoms with Crippen LogP contribution in [0.4, 0.5) is 0 Å². The highest BCUT2D eigenvalue weighted by atomic mass is 35.5. The third-order valence-electron chi connectivity index (χ3n) is 4.73. The first-order valence-electron chi connectivity index (χ1n) is 8.85. The number of benzene rings is 2. The van der Waals surface area contributed by atoms with Crippen LogP contribution in [0.1, 0.15) is 5.56 Å². The lowest BCUT2D eigenvalue weighted by Crippen LogP contribution is -2.47. The first kappa shape index (κ1) is 17.8. The molecule has 2 aromatic carbocycles. The molecular weight excluding hydrogens is 362 g/mol. The number of pyridine rings is 1. The molecule has 1 aliphatic rings. The number of hydrogen-bond acceptors (Lipinski definition) is 4. The van der Waals surface area contributed by atoms with Gasteiger partial charge < -0.3 is 10.1 Å². The summed E-state index contributed by atoms with van der Waals surface area (Å²) >= 11 is 6.17. The molecular formula is C21H20ClN3O2. The monoisotopic (exact) mass is 381 g/mol. The van der Waals surface area contributed by atoms with Crippen LogP contribution in [0, 0.1) is 0 Å². The Balaban J connectivity index is 1.84. The van der Waals surface area contributed by atoms with Crippen molar-refractivity contribution in [2.45, 2.75) is 6.54 Å². The van der Waals surface area contributed by atoms with E-state index in [1.54, 1.807) is 7.11 Å². The minimum atomic E-state index is 0.0561. The van der Waals surface area contributed by atoms with E-state index in [1.807, 2.05) is 42.5 Å². The third kappa shape index (κ3) is 3.75. The van der Waals surface area contributed by atoms with Gasteiger partial charge in [-0.2, -0.15) is 0 Å². The Morgan fingerprint density at radius 3 is 2.89 bits per heavy atom. The van der Waals surface area contributed by atoms with Crippen molar-refractivity contribution in [3.05, 3.63) is 59.1 Å². The zero-order valence-electron chi connectivity index (χ0n) is 15.0. The van der Waals surface area contributed by atoms with Gasteiger partial charge in [-0.1, -0.05) is 29.8 Å². The average Bonchev–Trinajstić information content (AvgIpc) is 2.67. The van der Waals surface area contributed by atoms with Gasteiger partial charge >= 0.3 is 0 Å². The lowest BCUT2D eigenvalue weighted by Gasteiger charge is -2.27. The number of rotatable bonds is 4. The van der Waals surface area contributed by atoms with Gasteiger partial charge in [0.25, 0.3) is 0 Å². The van der Waals surface area contributed by atoms with Crippen LogP contribution in [0.2, 0.25) is 5.02 Å². The van der Waals surface area contributed by atoms with Crippen LogP contribution in [0.3, 0.4) is 0 Å². The van der Waals surface area contributed by atoms with Crippen molar-refractivity contribution in [1.29, 1.82) is 0 Å². The predicted octanol–water partition coefficient (Wildman–Crippen LogP) is 3.50. The molecule has 5 nitrogen and oxygen atoms in total. The molecule has 0 spiro atoms. The SMILES string of the molecule is COc1ccccc1-c1nc2cc(Cl)ccc2cc1CN1CCNC(=O)C1. The smallest absolute Gasteiger partial charge is 0.234 e. The number of ether oxygens (including phenoxy) is 1. The standard InChI is InChI=1S/C21H20ClN3O2/c1-27-19-5-3-2-4-17(19)21-15(12-25-9-8-23-20(26)13-25)10-14-6-7-16(22)11-18(14)24-21/h2-7,10-11H,8-9,12-13H2,1H3,(H,23,26). The molecule has 0 atom stereocenters. The molecule has 0 aliphatic carbocycles. The molecule has 1 aliphatic heterocycles. The molecule has 27 heavy (non-hydrogen) atoms. The van der Waals surface area contributed by atoms with Gasteiger partial charge in [-0.25, -0.2) is 4.98 Å². The Hall–Kier alpha value is -2.63. The Labute approximate surface area is 162 Å². The normalized spacial score (nSPS) is 15.0. The molecule has 3 aromatic rings. The maximum Gasteiger partial charge on any atom is 0.234 e. The van der Waals surface area contributed by atoms with Crippen LogP contribution in [-0.2, 0) is 11.3 Å². The number of piperazine rings is 1. The van der Waals surface area contributed by atoms with Gasteiger partial charge in [-0.15, -0.1) is 0 Å². The van der Waals surface area contributed by atoms with E-state index in [2.05, 4.69) is 16.3 Å². The fourth-order valence-corrected chi connectivity index (χ4v) is 3.61. The largest absolute Gasteiger partial charge is 0.496 e. The van der Waals surface area contributed by atoms with Crippen molar-refractivity contribution >= 4 is 28.4 Å². The zero-order valence-corrected chi connectivity index (χ0v) is 15.8. The summed E-state index contributed by atoms with van der Waals surface area (Å²) in [6.45, 7) is 2.52. The van der Waals surface area contributed by atoms with Gasteiger partial charge in [0.15, 0.2) is 0 Å². The van der Waals surface area contributed by atoms with Gasteiger partial charge in [0, 0.05) is 35.6 Å². The van der Waals surface area contributed by atoms with Gasteiger partial charge in [0.2, 0.25) is 5.91 Å².